The van der Waals surface area contributed by atoms with Gasteiger partial charge in [0.05, 0.1) is 11.0 Å². The van der Waals surface area contributed by atoms with Crippen LogP contribution in [0.1, 0.15) is 12.0 Å². The summed E-state index contributed by atoms with van der Waals surface area (Å²) in [5.74, 6) is -2.54. The van der Waals surface area contributed by atoms with E-state index in [4.69, 9.17) is 5.11 Å². The molecule has 1 fully saturated rings. The lowest BCUT2D eigenvalue weighted by Crippen LogP contribution is -2.48. The third-order valence-corrected chi connectivity index (χ3v) is 3.70. The van der Waals surface area contributed by atoms with E-state index >= 15 is 0 Å². The molecule has 1 heterocycles. The van der Waals surface area contributed by atoms with Crippen LogP contribution in [0.2, 0.25) is 0 Å². The van der Waals surface area contributed by atoms with E-state index in [0.29, 0.717) is 5.56 Å². The van der Waals surface area contributed by atoms with Crippen LogP contribution >= 0.6 is 0 Å². The molecule has 122 valence electrons. The Hall–Kier alpha value is -2.74. The van der Waals surface area contributed by atoms with Gasteiger partial charge in [0, 0.05) is 31.3 Å². The van der Waals surface area contributed by atoms with Crippen molar-refractivity contribution < 1.29 is 24.7 Å². The summed E-state index contributed by atoms with van der Waals surface area (Å²) < 4.78 is 0. The van der Waals surface area contributed by atoms with Crippen LogP contribution < -0.4 is 0 Å². The van der Waals surface area contributed by atoms with Crippen molar-refractivity contribution >= 4 is 23.6 Å². The highest BCUT2D eigenvalue weighted by atomic mass is 16.6. The average molecular weight is 320 g/mol. The third-order valence-electron chi connectivity index (χ3n) is 3.70. The number of piperidine rings is 1. The lowest BCUT2D eigenvalue weighted by atomic mass is 9.95. The zero-order valence-electron chi connectivity index (χ0n) is 12.2. The van der Waals surface area contributed by atoms with Crippen LogP contribution in [0.15, 0.2) is 30.3 Å². The number of aliphatic hydroxyl groups is 1. The number of amides is 1. The number of nitrogens with zero attached hydrogens (tertiary/aromatic N) is 2. The van der Waals surface area contributed by atoms with Crippen LogP contribution in [0.5, 0.6) is 0 Å². The molecule has 1 saturated heterocycles. The van der Waals surface area contributed by atoms with Crippen LogP contribution in [-0.4, -0.2) is 51.1 Å². The Kier molecular flexibility index (Phi) is 5.07. The van der Waals surface area contributed by atoms with Crippen LogP contribution in [0.25, 0.3) is 6.08 Å². The quantitative estimate of drug-likeness (QED) is 0.483. The van der Waals surface area contributed by atoms with E-state index in [-0.39, 0.29) is 25.2 Å². The topological polar surface area (TPSA) is 121 Å². The monoisotopic (exact) mass is 320 g/mol. The average Bonchev–Trinajstić information content (AvgIpc) is 2.53. The van der Waals surface area contributed by atoms with E-state index in [1.54, 1.807) is 6.07 Å². The van der Waals surface area contributed by atoms with Gasteiger partial charge in [0.2, 0.25) is 5.91 Å². The maximum Gasteiger partial charge on any atom is 0.310 e. The molecule has 0 bridgehead atoms. The maximum atomic E-state index is 12.1. The summed E-state index contributed by atoms with van der Waals surface area (Å²) in [5.41, 5.74) is 0.422. The Balaban J connectivity index is 2.05. The second kappa shape index (κ2) is 7.01. The number of aliphatic carboxylic acids is 1. The van der Waals surface area contributed by atoms with Gasteiger partial charge in [-0.2, -0.15) is 0 Å². The summed E-state index contributed by atoms with van der Waals surface area (Å²) in [5, 5.41) is 29.3. The second-order valence-corrected chi connectivity index (χ2v) is 5.27. The molecule has 0 radical (unpaired) electrons. The third kappa shape index (κ3) is 4.13. The molecule has 8 heteroatoms. The molecule has 1 aromatic carbocycles. The molecule has 0 aliphatic carbocycles. The van der Waals surface area contributed by atoms with E-state index < -0.39 is 28.8 Å². The number of rotatable bonds is 4. The first-order chi connectivity index (χ1) is 10.9. The number of hydrogen-bond acceptors (Lipinski definition) is 5. The minimum absolute atomic E-state index is 0.0609. The van der Waals surface area contributed by atoms with E-state index in [2.05, 4.69) is 0 Å². The molecule has 2 N–H and O–H groups in total. The van der Waals surface area contributed by atoms with Crippen molar-refractivity contribution in [2.45, 2.75) is 12.5 Å². The number of likely N-dealkylation sites (tertiary alicyclic amines) is 1. The summed E-state index contributed by atoms with van der Waals surface area (Å²) >= 11 is 0. The Labute approximate surface area is 131 Å². The highest BCUT2D eigenvalue weighted by Crippen LogP contribution is 2.19. The zero-order chi connectivity index (χ0) is 17.0. The Morgan fingerprint density at radius 1 is 1.39 bits per heavy atom. The molecule has 1 aromatic rings. The van der Waals surface area contributed by atoms with Crippen LogP contribution in [0.4, 0.5) is 5.69 Å². The normalized spacial score (nSPS) is 21.3. The molecule has 2 rings (SSSR count). The first-order valence-electron chi connectivity index (χ1n) is 7.01. The van der Waals surface area contributed by atoms with Gasteiger partial charge in [-0.15, -0.1) is 0 Å². The molecule has 2 unspecified atom stereocenters. The van der Waals surface area contributed by atoms with Crippen molar-refractivity contribution in [2.24, 2.45) is 5.92 Å². The minimum Gasteiger partial charge on any atom is -0.481 e. The smallest absolute Gasteiger partial charge is 0.310 e. The van der Waals surface area contributed by atoms with Crippen molar-refractivity contribution in [3.8, 4) is 0 Å². The molecular formula is C15H16N2O6. The number of aliphatic hydroxyl groups excluding tert-OH is 1. The van der Waals surface area contributed by atoms with Crippen LogP contribution in [0.3, 0.4) is 0 Å². The molecule has 2 atom stereocenters. The predicted octanol–water partition coefficient (Wildman–Crippen LogP) is 0.902. The van der Waals surface area contributed by atoms with Gasteiger partial charge in [0.1, 0.15) is 5.92 Å². The number of non-ortho nitro benzene ring substituents is 1. The van der Waals surface area contributed by atoms with Gasteiger partial charge in [0.15, 0.2) is 0 Å². The molecule has 0 aromatic heterocycles. The summed E-state index contributed by atoms with van der Waals surface area (Å²) in [4.78, 5) is 34.6. The maximum absolute atomic E-state index is 12.1. The van der Waals surface area contributed by atoms with Crippen molar-refractivity contribution in [2.75, 3.05) is 13.1 Å². The Morgan fingerprint density at radius 3 is 2.78 bits per heavy atom. The van der Waals surface area contributed by atoms with Crippen LogP contribution in [-0.2, 0) is 9.59 Å². The minimum atomic E-state index is -1.14. The van der Waals surface area contributed by atoms with E-state index in [9.17, 15) is 24.8 Å². The number of benzene rings is 1. The van der Waals surface area contributed by atoms with Crippen molar-refractivity contribution in [1.29, 1.82) is 0 Å². The number of carbonyl (C=O) groups excluding carboxylic acids is 1. The number of hydrogen-bond donors (Lipinski definition) is 2. The SMILES string of the molecule is O=C(O)C1CN(C(=O)/C=C/c2cccc([N+](=O)[O-])c2)CCC1O. The zero-order valence-corrected chi connectivity index (χ0v) is 12.2. The van der Waals surface area contributed by atoms with Gasteiger partial charge >= 0.3 is 5.97 Å². The molecule has 1 aliphatic heterocycles. The fourth-order valence-corrected chi connectivity index (χ4v) is 2.40. The molecule has 1 amide bonds. The summed E-state index contributed by atoms with van der Waals surface area (Å²) in [6.07, 6.45) is 1.93. The summed E-state index contributed by atoms with van der Waals surface area (Å²) in [6.45, 7) is 0.206. The first kappa shape index (κ1) is 16.6. The predicted molar refractivity (Wildman–Crippen MR) is 80.5 cm³/mol. The lowest BCUT2D eigenvalue weighted by Gasteiger charge is -2.33. The molecule has 1 aliphatic rings. The van der Waals surface area contributed by atoms with Crippen molar-refractivity contribution in [3.63, 3.8) is 0 Å². The number of nitro benzene ring substituents is 1. The van der Waals surface area contributed by atoms with E-state index in [1.807, 2.05) is 0 Å². The number of carboxylic acids is 1. The van der Waals surface area contributed by atoms with Gasteiger partial charge in [-0.1, -0.05) is 12.1 Å². The number of carboxylic acid groups (broad SMARTS) is 1. The molecule has 0 saturated carbocycles. The molecule has 23 heavy (non-hydrogen) atoms. The van der Waals surface area contributed by atoms with Crippen molar-refractivity contribution in [1.82, 2.24) is 4.90 Å². The fourth-order valence-electron chi connectivity index (χ4n) is 2.40. The Bertz CT molecular complexity index is 657. The lowest BCUT2D eigenvalue weighted by molar-refractivity contribution is -0.384. The number of nitro groups is 1. The van der Waals surface area contributed by atoms with Crippen LogP contribution in [0, 0.1) is 16.0 Å². The van der Waals surface area contributed by atoms with E-state index in [1.165, 1.54) is 35.3 Å². The standard InChI is InChI=1S/C15H16N2O6/c18-13-6-7-16(9-12(13)15(20)21)14(19)5-4-10-2-1-3-11(8-10)17(22)23/h1-5,8,12-13,18H,6-7,9H2,(H,20,21)/b5-4+. The fraction of sp³-hybridized carbons (Fsp3) is 0.333. The molecular weight excluding hydrogens is 304 g/mol. The van der Waals surface area contributed by atoms with E-state index in [0.717, 1.165) is 0 Å². The largest absolute Gasteiger partial charge is 0.481 e. The Morgan fingerprint density at radius 2 is 2.13 bits per heavy atom. The second-order valence-electron chi connectivity index (χ2n) is 5.27. The van der Waals surface area contributed by atoms with Gasteiger partial charge in [-0.3, -0.25) is 19.7 Å². The molecule has 0 spiro atoms. The summed E-state index contributed by atoms with van der Waals surface area (Å²) in [7, 11) is 0. The van der Waals surface area contributed by atoms with Gasteiger partial charge in [-0.25, -0.2) is 0 Å². The van der Waals surface area contributed by atoms with Gasteiger partial charge in [0.25, 0.3) is 5.69 Å². The molecule has 8 nitrogen and oxygen atoms in total. The summed E-state index contributed by atoms with van der Waals surface area (Å²) in [6, 6.07) is 5.82. The van der Waals surface area contributed by atoms with Crippen molar-refractivity contribution in [3.05, 3.63) is 46.0 Å². The van der Waals surface area contributed by atoms with Gasteiger partial charge < -0.3 is 15.1 Å². The first-order valence-corrected chi connectivity index (χ1v) is 7.01. The highest BCUT2D eigenvalue weighted by molar-refractivity contribution is 5.92. The highest BCUT2D eigenvalue weighted by Gasteiger charge is 2.34. The van der Waals surface area contributed by atoms with Gasteiger partial charge in [-0.05, 0) is 18.1 Å². The number of carbonyl (C=O) groups is 2.